The zero-order chi connectivity index (χ0) is 20.1. The number of halogens is 1. The first kappa shape index (κ1) is 21.0. The predicted molar refractivity (Wildman–Crippen MR) is 125 cm³/mol. The minimum absolute atomic E-state index is 0. The number of carbonyl (C=O) groups is 1. The lowest BCUT2D eigenvalue weighted by atomic mass is 9.97. The van der Waals surface area contributed by atoms with E-state index in [9.17, 15) is 4.79 Å². The van der Waals surface area contributed by atoms with Crippen LogP contribution in [0.25, 0.3) is 22.2 Å². The van der Waals surface area contributed by atoms with Crippen molar-refractivity contribution in [2.24, 2.45) is 7.05 Å². The third-order valence-corrected chi connectivity index (χ3v) is 7.09. The van der Waals surface area contributed by atoms with Crippen molar-refractivity contribution in [3.8, 4) is 11.3 Å². The van der Waals surface area contributed by atoms with Gasteiger partial charge in [0.15, 0.2) is 0 Å². The van der Waals surface area contributed by atoms with Crippen LogP contribution < -0.4 is 5.32 Å². The summed E-state index contributed by atoms with van der Waals surface area (Å²) < 4.78 is 2.16. The van der Waals surface area contributed by atoms with Gasteiger partial charge >= 0.3 is 0 Å². The molecule has 2 aliphatic heterocycles. The third-order valence-electron chi connectivity index (χ3n) is 7.09. The molecule has 5 heteroatoms. The average Bonchev–Trinajstić information content (AvgIpc) is 3.11. The highest BCUT2D eigenvalue weighted by Crippen LogP contribution is 2.36. The van der Waals surface area contributed by atoms with Gasteiger partial charge in [-0.3, -0.25) is 4.79 Å². The maximum Gasteiger partial charge on any atom is 0.254 e. The SMILES string of the molecule is Cc1ccc(-c2c(C(=O)NC3C[C@H]4CC[C@@H](C3)N4C)c3ccccc3n2C)cc1.Cl. The minimum Gasteiger partial charge on any atom is -0.349 e. The summed E-state index contributed by atoms with van der Waals surface area (Å²) in [5, 5.41) is 4.43. The van der Waals surface area contributed by atoms with Gasteiger partial charge in [-0.25, -0.2) is 0 Å². The number of rotatable bonds is 3. The number of nitrogens with one attached hydrogen (secondary N) is 1. The summed E-state index contributed by atoms with van der Waals surface area (Å²) in [5.74, 6) is 0.0614. The second-order valence-corrected chi connectivity index (χ2v) is 8.86. The molecule has 0 spiro atoms. The Kier molecular flexibility index (Phi) is 5.65. The van der Waals surface area contributed by atoms with Crippen LogP contribution in [-0.2, 0) is 7.05 Å². The minimum atomic E-state index is 0. The summed E-state index contributed by atoms with van der Waals surface area (Å²) in [6.45, 7) is 2.09. The van der Waals surface area contributed by atoms with Gasteiger partial charge in [0.25, 0.3) is 5.91 Å². The van der Waals surface area contributed by atoms with Crippen LogP contribution in [0.4, 0.5) is 0 Å². The van der Waals surface area contributed by atoms with E-state index in [0.29, 0.717) is 12.1 Å². The molecule has 5 rings (SSSR count). The number of para-hydroxylation sites is 1. The Bertz CT molecular complexity index is 1060. The third kappa shape index (κ3) is 3.42. The molecule has 1 aromatic heterocycles. The fourth-order valence-corrected chi connectivity index (χ4v) is 5.46. The van der Waals surface area contributed by atoms with E-state index in [4.69, 9.17) is 0 Å². The van der Waals surface area contributed by atoms with Gasteiger partial charge < -0.3 is 14.8 Å². The number of hydrogen-bond donors (Lipinski definition) is 1. The second-order valence-electron chi connectivity index (χ2n) is 8.86. The number of benzene rings is 2. The summed E-state index contributed by atoms with van der Waals surface area (Å²) in [6, 6.07) is 18.2. The van der Waals surface area contributed by atoms with Crippen LogP contribution in [0.2, 0.25) is 0 Å². The van der Waals surface area contributed by atoms with Gasteiger partial charge in [0, 0.05) is 36.1 Å². The number of amides is 1. The molecule has 3 aromatic rings. The van der Waals surface area contributed by atoms with Gasteiger partial charge in [0.2, 0.25) is 0 Å². The lowest BCUT2D eigenvalue weighted by molar-refractivity contribution is 0.0884. The smallest absolute Gasteiger partial charge is 0.254 e. The molecular weight excluding hydrogens is 394 g/mol. The summed E-state index contributed by atoms with van der Waals surface area (Å²) in [6.07, 6.45) is 4.64. The van der Waals surface area contributed by atoms with Gasteiger partial charge in [0.1, 0.15) is 0 Å². The van der Waals surface area contributed by atoms with Crippen molar-refractivity contribution in [2.75, 3.05) is 7.05 Å². The Hall–Kier alpha value is -2.30. The number of fused-ring (bicyclic) bond motifs is 3. The fourth-order valence-electron chi connectivity index (χ4n) is 5.46. The molecule has 1 unspecified atom stereocenters. The van der Waals surface area contributed by atoms with Crippen molar-refractivity contribution < 1.29 is 4.79 Å². The van der Waals surface area contributed by atoms with Crippen molar-refractivity contribution in [1.29, 1.82) is 0 Å². The lowest BCUT2D eigenvalue weighted by Gasteiger charge is -2.36. The highest BCUT2D eigenvalue weighted by Gasteiger charge is 2.39. The van der Waals surface area contributed by atoms with Crippen LogP contribution in [0.5, 0.6) is 0 Å². The van der Waals surface area contributed by atoms with E-state index in [1.807, 2.05) is 12.1 Å². The van der Waals surface area contributed by atoms with Crippen LogP contribution >= 0.6 is 12.4 Å². The highest BCUT2D eigenvalue weighted by atomic mass is 35.5. The molecule has 30 heavy (non-hydrogen) atoms. The summed E-state index contributed by atoms with van der Waals surface area (Å²) in [7, 11) is 4.30. The fraction of sp³-hybridized carbons (Fsp3) is 0.400. The molecule has 0 saturated carbocycles. The first-order valence-electron chi connectivity index (χ1n) is 10.7. The van der Waals surface area contributed by atoms with Gasteiger partial charge in [-0.05, 0) is 51.3 Å². The van der Waals surface area contributed by atoms with Crippen LogP contribution in [-0.4, -0.2) is 40.5 Å². The van der Waals surface area contributed by atoms with Gasteiger partial charge in [-0.15, -0.1) is 12.4 Å². The number of aromatic nitrogens is 1. The first-order valence-corrected chi connectivity index (χ1v) is 10.7. The van der Waals surface area contributed by atoms with E-state index in [1.165, 1.54) is 18.4 Å². The van der Waals surface area contributed by atoms with Crippen molar-refractivity contribution >= 4 is 29.2 Å². The number of hydrogen-bond acceptors (Lipinski definition) is 2. The van der Waals surface area contributed by atoms with Crippen molar-refractivity contribution in [3.63, 3.8) is 0 Å². The maximum absolute atomic E-state index is 13.6. The van der Waals surface area contributed by atoms with Crippen molar-refractivity contribution in [1.82, 2.24) is 14.8 Å². The number of nitrogens with zero attached hydrogens (tertiary/aromatic N) is 2. The maximum atomic E-state index is 13.6. The molecule has 1 amide bonds. The molecule has 3 atom stereocenters. The summed E-state index contributed by atoms with van der Waals surface area (Å²) >= 11 is 0. The highest BCUT2D eigenvalue weighted by molar-refractivity contribution is 6.12. The zero-order valence-electron chi connectivity index (χ0n) is 17.9. The molecule has 3 heterocycles. The molecule has 0 radical (unpaired) electrons. The predicted octanol–water partition coefficient (Wildman–Crippen LogP) is 4.93. The van der Waals surface area contributed by atoms with Crippen molar-refractivity contribution in [2.45, 2.75) is 50.7 Å². The monoisotopic (exact) mass is 423 g/mol. The summed E-state index contributed by atoms with van der Waals surface area (Å²) in [5.41, 5.74) is 5.21. The molecule has 1 N–H and O–H groups in total. The van der Waals surface area contributed by atoms with E-state index in [1.54, 1.807) is 0 Å². The van der Waals surface area contributed by atoms with E-state index in [2.05, 4.69) is 72.2 Å². The molecule has 4 nitrogen and oxygen atoms in total. The van der Waals surface area contributed by atoms with Gasteiger partial charge in [0.05, 0.1) is 11.3 Å². The normalized spacial score (nSPS) is 23.4. The molecule has 2 bridgehead atoms. The average molecular weight is 424 g/mol. The topological polar surface area (TPSA) is 37.3 Å². The van der Waals surface area contributed by atoms with Crippen LogP contribution in [0.15, 0.2) is 48.5 Å². The van der Waals surface area contributed by atoms with Crippen LogP contribution in [0, 0.1) is 6.92 Å². The Labute approximate surface area is 184 Å². The Morgan fingerprint density at radius 3 is 2.27 bits per heavy atom. The molecule has 2 fully saturated rings. The standard InChI is InChI=1S/C25H29N3O.ClH/c1-16-8-10-17(11-9-16)24-23(21-6-4-5-7-22(21)28(24)3)25(29)26-18-14-19-12-13-20(15-18)27(19)2;/h4-11,18-20H,12-15H2,1-3H3,(H,26,29);1H/t18?,19-,20+;. The van der Waals surface area contributed by atoms with Gasteiger partial charge in [-0.2, -0.15) is 0 Å². The number of piperidine rings is 1. The molecule has 0 aliphatic carbocycles. The van der Waals surface area contributed by atoms with Crippen LogP contribution in [0.1, 0.15) is 41.6 Å². The van der Waals surface area contributed by atoms with E-state index in [0.717, 1.165) is 40.6 Å². The molecule has 2 saturated heterocycles. The van der Waals surface area contributed by atoms with E-state index >= 15 is 0 Å². The number of carbonyl (C=O) groups excluding carboxylic acids is 1. The molecule has 158 valence electrons. The largest absolute Gasteiger partial charge is 0.349 e. The second kappa shape index (κ2) is 8.09. The van der Waals surface area contributed by atoms with Crippen molar-refractivity contribution in [3.05, 3.63) is 59.7 Å². The molecule has 2 aliphatic rings. The Morgan fingerprint density at radius 2 is 1.60 bits per heavy atom. The van der Waals surface area contributed by atoms with E-state index < -0.39 is 0 Å². The molecule has 2 aromatic carbocycles. The summed E-state index contributed by atoms with van der Waals surface area (Å²) in [4.78, 5) is 16.1. The lowest BCUT2D eigenvalue weighted by Crippen LogP contribution is -2.48. The van der Waals surface area contributed by atoms with Gasteiger partial charge in [-0.1, -0.05) is 48.0 Å². The Balaban J connectivity index is 0.00000218. The van der Waals surface area contributed by atoms with E-state index in [-0.39, 0.29) is 24.4 Å². The first-order chi connectivity index (χ1) is 14.0. The number of aryl methyl sites for hydroxylation is 2. The quantitative estimate of drug-likeness (QED) is 0.648. The zero-order valence-corrected chi connectivity index (χ0v) is 18.7. The Morgan fingerprint density at radius 1 is 0.967 bits per heavy atom. The molecular formula is C25H30ClN3O. The van der Waals surface area contributed by atoms with Crippen LogP contribution in [0.3, 0.4) is 0 Å².